The number of phenols is 1. The van der Waals surface area contributed by atoms with E-state index >= 15 is 0 Å². The van der Waals surface area contributed by atoms with Gasteiger partial charge in [0.05, 0.1) is 5.56 Å². The van der Waals surface area contributed by atoms with Crippen molar-refractivity contribution in [2.75, 3.05) is 0 Å². The highest BCUT2D eigenvalue weighted by molar-refractivity contribution is 6.76. The number of hydrogen-bond acceptors (Lipinski definition) is 7. The number of ketones is 2. The lowest BCUT2D eigenvalue weighted by Gasteiger charge is -2.46. The summed E-state index contributed by atoms with van der Waals surface area (Å²) in [4.78, 5) is 37.6. The Morgan fingerprint density at radius 3 is 2.42 bits per heavy atom. The van der Waals surface area contributed by atoms with Crippen LogP contribution in [0.4, 0.5) is 0 Å². The Balaban J connectivity index is 1.85. The van der Waals surface area contributed by atoms with E-state index < -0.39 is 60.1 Å². The lowest BCUT2D eigenvalue weighted by atomic mass is 9.59. The summed E-state index contributed by atoms with van der Waals surface area (Å²) in [5.74, 6) is -6.04. The lowest BCUT2D eigenvalue weighted by molar-refractivity contribution is -0.147. The maximum atomic E-state index is 13.5. The second kappa shape index (κ2) is 7.56. The Morgan fingerprint density at radius 2 is 1.82 bits per heavy atom. The van der Waals surface area contributed by atoms with Gasteiger partial charge in [-0.3, -0.25) is 14.4 Å². The van der Waals surface area contributed by atoms with Gasteiger partial charge in [0.2, 0.25) is 5.78 Å². The van der Waals surface area contributed by atoms with Crippen molar-refractivity contribution < 1.29 is 34.8 Å². The first-order valence-electron chi connectivity index (χ1n) is 11.1. The topological polar surface area (TPSA) is 158 Å². The third-order valence-electron chi connectivity index (χ3n) is 7.19. The van der Waals surface area contributed by atoms with Crippen molar-refractivity contribution >= 4 is 31.3 Å². The van der Waals surface area contributed by atoms with Crippen LogP contribution in [0.1, 0.15) is 29.5 Å². The number of rotatable bonds is 4. The largest absolute Gasteiger partial charge is 0.508 e. The Labute approximate surface area is 192 Å². The summed E-state index contributed by atoms with van der Waals surface area (Å²) in [6.45, 7) is 6.78. The van der Waals surface area contributed by atoms with Crippen LogP contribution >= 0.6 is 0 Å². The number of carbonyl (C=O) groups excluding carboxylic acids is 3. The van der Waals surface area contributed by atoms with E-state index in [1.807, 2.05) is 6.07 Å². The third kappa shape index (κ3) is 3.50. The average Bonchev–Trinajstić information content (AvgIpc) is 2.69. The number of carbonyl (C=O) groups is 3. The van der Waals surface area contributed by atoms with Gasteiger partial charge in [0.1, 0.15) is 22.8 Å². The predicted octanol–water partition coefficient (Wildman–Crippen LogP) is 2.30. The lowest BCUT2D eigenvalue weighted by Crippen LogP contribution is -2.58. The van der Waals surface area contributed by atoms with E-state index in [9.17, 15) is 34.8 Å². The number of aliphatic hydroxyl groups excluding tert-OH is 2. The molecule has 1 amide bonds. The minimum Gasteiger partial charge on any atom is -0.508 e. The van der Waals surface area contributed by atoms with Crippen LogP contribution in [0.5, 0.6) is 5.75 Å². The average molecular weight is 472 g/mol. The molecule has 6 N–H and O–H groups in total. The molecule has 1 fully saturated rings. The zero-order chi connectivity index (χ0) is 24.5. The van der Waals surface area contributed by atoms with Crippen molar-refractivity contribution in [2.24, 2.45) is 17.6 Å². The highest BCUT2D eigenvalue weighted by Gasteiger charge is 2.60. The molecular weight excluding hydrogens is 442 g/mol. The normalized spacial score (nSPS) is 27.3. The first-order valence-corrected chi connectivity index (χ1v) is 14.8. The molecule has 0 aromatic heterocycles. The standard InChI is InChI=1S/C24H29NO7Si/c1-33(2,3)7-6-11-4-5-15(26)18-14(11)9-12-8-13-10-16(27)19(23(25)31)22(30)24(13,32)21(29)17(12)20(18)28/h4-5,12-13,26,28,30,32H,6-10H2,1-3H3,(H2,25,31)/t12-,13+,24+/m1/s1. The molecule has 3 atom stereocenters. The number of hydrogen-bond donors (Lipinski definition) is 5. The van der Waals surface area contributed by atoms with Crippen molar-refractivity contribution in [1.82, 2.24) is 0 Å². The van der Waals surface area contributed by atoms with Gasteiger partial charge in [0.25, 0.3) is 5.91 Å². The molecule has 176 valence electrons. The maximum absolute atomic E-state index is 13.5. The number of fused-ring (bicyclic) bond motifs is 3. The molecule has 0 spiro atoms. The fourth-order valence-corrected chi connectivity index (χ4v) is 6.45. The van der Waals surface area contributed by atoms with Gasteiger partial charge in [-0.25, -0.2) is 0 Å². The van der Waals surface area contributed by atoms with Crippen LogP contribution in [0.2, 0.25) is 25.7 Å². The fraction of sp³-hybridized carbons (Fsp3) is 0.458. The van der Waals surface area contributed by atoms with Crippen molar-refractivity contribution in [3.63, 3.8) is 0 Å². The molecule has 1 aromatic carbocycles. The number of Topliss-reactive ketones (excluding diaryl/α,β-unsaturated/α-hetero) is 2. The summed E-state index contributed by atoms with van der Waals surface area (Å²) in [6, 6.07) is 4.34. The van der Waals surface area contributed by atoms with Crippen LogP contribution in [0, 0.1) is 11.8 Å². The van der Waals surface area contributed by atoms with Gasteiger partial charge in [-0.05, 0) is 42.4 Å². The molecule has 3 aliphatic rings. The van der Waals surface area contributed by atoms with Gasteiger partial charge >= 0.3 is 0 Å². The molecule has 1 saturated carbocycles. The van der Waals surface area contributed by atoms with Crippen molar-refractivity contribution in [1.29, 1.82) is 0 Å². The highest BCUT2D eigenvalue weighted by atomic mass is 28.3. The Hall–Kier alpha value is -2.91. The van der Waals surface area contributed by atoms with Gasteiger partial charge in [-0.1, -0.05) is 31.8 Å². The van der Waals surface area contributed by atoms with Crippen LogP contribution in [-0.4, -0.2) is 51.6 Å². The van der Waals surface area contributed by atoms with Crippen LogP contribution in [0.25, 0.3) is 5.76 Å². The monoisotopic (exact) mass is 471 g/mol. The molecule has 9 heteroatoms. The van der Waals surface area contributed by atoms with Gasteiger partial charge in [-0.15, -0.1) is 0 Å². The van der Waals surface area contributed by atoms with Crippen LogP contribution < -0.4 is 5.73 Å². The van der Waals surface area contributed by atoms with Gasteiger partial charge in [0, 0.05) is 26.0 Å². The summed E-state index contributed by atoms with van der Waals surface area (Å²) in [7, 11) is -1.36. The molecule has 8 nitrogen and oxygen atoms in total. The maximum Gasteiger partial charge on any atom is 0.255 e. The first-order chi connectivity index (χ1) is 15.3. The Morgan fingerprint density at radius 1 is 1.15 bits per heavy atom. The molecule has 1 aromatic rings. The molecule has 0 unspecified atom stereocenters. The molecule has 0 aliphatic heterocycles. The van der Waals surface area contributed by atoms with Crippen LogP contribution in [0.3, 0.4) is 0 Å². The molecule has 0 saturated heterocycles. The zero-order valence-corrected chi connectivity index (χ0v) is 19.9. The number of phenolic OH excluding ortho intramolecular Hbond substituents is 1. The van der Waals surface area contributed by atoms with Crippen molar-refractivity contribution in [2.45, 2.75) is 57.0 Å². The quantitative estimate of drug-likeness (QED) is 0.333. The Kier molecular flexibility index (Phi) is 5.33. The minimum absolute atomic E-state index is 0.108. The smallest absolute Gasteiger partial charge is 0.255 e. The molecule has 0 heterocycles. The van der Waals surface area contributed by atoms with Gasteiger partial charge < -0.3 is 26.2 Å². The van der Waals surface area contributed by atoms with E-state index in [0.29, 0.717) is 6.42 Å². The summed E-state index contributed by atoms with van der Waals surface area (Å²) in [5, 5.41) is 43.5. The van der Waals surface area contributed by atoms with Gasteiger partial charge in [0.15, 0.2) is 11.4 Å². The second-order valence-electron chi connectivity index (χ2n) is 10.6. The SMILES string of the molecule is C[Si](C)(C)CCc1ccc(O)c2c1C[C@H]1C[C@H]3CC(=O)C(C(N)=O)=C(O)[C@@]3(O)C(=O)C1=C2O. The Bertz CT molecular complexity index is 1160. The first kappa shape index (κ1) is 23.3. The highest BCUT2D eigenvalue weighted by Crippen LogP contribution is 2.52. The van der Waals surface area contributed by atoms with Crippen LogP contribution in [0.15, 0.2) is 29.0 Å². The molecule has 0 bridgehead atoms. The number of aromatic hydroxyl groups is 1. The van der Waals surface area contributed by atoms with E-state index in [0.717, 1.165) is 23.6 Å². The number of aliphatic hydroxyl groups is 3. The van der Waals surface area contributed by atoms with Crippen molar-refractivity contribution in [3.8, 4) is 5.75 Å². The van der Waals surface area contributed by atoms with E-state index in [4.69, 9.17) is 5.73 Å². The number of primary amides is 1. The molecule has 33 heavy (non-hydrogen) atoms. The predicted molar refractivity (Wildman–Crippen MR) is 123 cm³/mol. The fourth-order valence-electron chi connectivity index (χ4n) is 5.43. The van der Waals surface area contributed by atoms with E-state index in [2.05, 4.69) is 19.6 Å². The summed E-state index contributed by atoms with van der Waals surface area (Å²) < 4.78 is 0. The summed E-state index contributed by atoms with van der Waals surface area (Å²) in [5.41, 5.74) is 3.69. The minimum atomic E-state index is -2.53. The second-order valence-corrected chi connectivity index (χ2v) is 16.2. The molecule has 0 radical (unpaired) electrons. The number of aryl methyl sites for hydroxylation is 1. The number of amides is 1. The number of benzene rings is 1. The van der Waals surface area contributed by atoms with E-state index in [1.54, 1.807) is 0 Å². The third-order valence-corrected chi connectivity index (χ3v) is 8.94. The van der Waals surface area contributed by atoms with E-state index in [1.165, 1.54) is 6.07 Å². The van der Waals surface area contributed by atoms with Gasteiger partial charge in [-0.2, -0.15) is 0 Å². The molecule has 3 aliphatic carbocycles. The molecule has 4 rings (SSSR count). The number of nitrogens with two attached hydrogens (primary N) is 1. The summed E-state index contributed by atoms with van der Waals surface area (Å²) >= 11 is 0. The summed E-state index contributed by atoms with van der Waals surface area (Å²) in [6.07, 6.45) is 0.958. The molecular formula is C24H29NO7Si. The van der Waals surface area contributed by atoms with Crippen molar-refractivity contribution in [3.05, 3.63) is 45.7 Å². The van der Waals surface area contributed by atoms with Crippen LogP contribution in [-0.2, 0) is 27.2 Å². The van der Waals surface area contributed by atoms with E-state index in [-0.39, 0.29) is 29.7 Å². The zero-order valence-electron chi connectivity index (χ0n) is 18.9.